The maximum Gasteiger partial charge on any atom is 0.262 e. The van der Waals surface area contributed by atoms with E-state index in [2.05, 4.69) is 20.0 Å². The lowest BCUT2D eigenvalue weighted by Gasteiger charge is -2.13. The first kappa shape index (κ1) is 21.5. The molecule has 2 aromatic carbocycles. The van der Waals surface area contributed by atoms with Crippen molar-refractivity contribution in [2.24, 2.45) is 0 Å². The maximum atomic E-state index is 13.1. The summed E-state index contributed by atoms with van der Waals surface area (Å²) in [7, 11) is -2.29. The second kappa shape index (κ2) is 8.43. The van der Waals surface area contributed by atoms with Gasteiger partial charge in [0.15, 0.2) is 5.82 Å². The fourth-order valence-electron chi connectivity index (χ4n) is 3.40. The van der Waals surface area contributed by atoms with Gasteiger partial charge in [0.2, 0.25) is 0 Å². The second-order valence-electron chi connectivity index (χ2n) is 7.43. The van der Waals surface area contributed by atoms with Gasteiger partial charge in [0.25, 0.3) is 10.0 Å². The van der Waals surface area contributed by atoms with Crippen LogP contribution in [0.4, 0.5) is 5.69 Å². The predicted molar refractivity (Wildman–Crippen MR) is 123 cm³/mol. The Bertz CT molecular complexity index is 1380. The standard InChI is InChI=1S/C23H23N5O3S/c1-15-8-9-18(21-10-11-23(25-24-21)28-17(3)12-16(2)26-28)13-22(15)32(29,30)27-19-6-5-7-20(14-19)31-4/h5-14,27H,1-4H3. The van der Waals surface area contributed by atoms with Crippen LogP contribution in [0.5, 0.6) is 5.75 Å². The molecule has 0 amide bonds. The molecule has 1 N–H and O–H groups in total. The van der Waals surface area contributed by atoms with Crippen molar-refractivity contribution in [1.82, 2.24) is 20.0 Å². The fourth-order valence-corrected chi connectivity index (χ4v) is 4.72. The number of rotatable bonds is 6. The SMILES string of the molecule is COc1cccc(NS(=O)(=O)c2cc(-c3ccc(-n4nc(C)cc4C)nn3)ccc2C)c1. The highest BCUT2D eigenvalue weighted by Gasteiger charge is 2.19. The molecule has 4 aromatic rings. The number of ether oxygens (including phenoxy) is 1. The second-order valence-corrected chi connectivity index (χ2v) is 9.08. The molecule has 164 valence electrons. The van der Waals surface area contributed by atoms with Crippen molar-refractivity contribution in [2.75, 3.05) is 11.8 Å². The summed E-state index contributed by atoms with van der Waals surface area (Å²) < 4.78 is 35.7. The van der Waals surface area contributed by atoms with Crippen LogP contribution in [0.15, 0.2) is 65.6 Å². The molecule has 0 atom stereocenters. The number of methoxy groups -OCH3 is 1. The van der Waals surface area contributed by atoms with Crippen molar-refractivity contribution >= 4 is 15.7 Å². The van der Waals surface area contributed by atoms with E-state index in [0.29, 0.717) is 34.1 Å². The molecule has 0 spiro atoms. The summed E-state index contributed by atoms with van der Waals surface area (Å²) in [4.78, 5) is 0.169. The molecular weight excluding hydrogens is 426 g/mol. The topological polar surface area (TPSA) is 99.0 Å². The molecule has 0 aliphatic heterocycles. The van der Waals surface area contributed by atoms with Crippen molar-refractivity contribution in [3.8, 4) is 22.8 Å². The number of hydrogen-bond acceptors (Lipinski definition) is 6. The number of benzene rings is 2. The number of nitrogens with one attached hydrogen (secondary N) is 1. The van der Waals surface area contributed by atoms with Crippen LogP contribution in [-0.2, 0) is 10.0 Å². The van der Waals surface area contributed by atoms with Crippen LogP contribution in [0.2, 0.25) is 0 Å². The minimum absolute atomic E-state index is 0.169. The highest BCUT2D eigenvalue weighted by atomic mass is 32.2. The van der Waals surface area contributed by atoms with Crippen LogP contribution in [0.1, 0.15) is 17.0 Å². The minimum Gasteiger partial charge on any atom is -0.497 e. The third-order valence-electron chi connectivity index (χ3n) is 4.97. The Morgan fingerprint density at radius 2 is 1.75 bits per heavy atom. The van der Waals surface area contributed by atoms with E-state index in [4.69, 9.17) is 4.74 Å². The van der Waals surface area contributed by atoms with E-state index in [1.165, 1.54) is 7.11 Å². The largest absolute Gasteiger partial charge is 0.497 e. The Hall–Kier alpha value is -3.72. The third-order valence-corrected chi connectivity index (χ3v) is 6.50. The van der Waals surface area contributed by atoms with Gasteiger partial charge in [-0.1, -0.05) is 18.2 Å². The Morgan fingerprint density at radius 3 is 2.41 bits per heavy atom. The normalized spacial score (nSPS) is 11.4. The minimum atomic E-state index is -3.82. The van der Waals surface area contributed by atoms with E-state index >= 15 is 0 Å². The zero-order valence-electron chi connectivity index (χ0n) is 18.2. The van der Waals surface area contributed by atoms with Crippen molar-refractivity contribution in [3.63, 3.8) is 0 Å². The fraction of sp³-hybridized carbons (Fsp3) is 0.174. The third kappa shape index (κ3) is 4.33. The molecule has 4 rings (SSSR count). The van der Waals surface area contributed by atoms with Gasteiger partial charge in [-0.3, -0.25) is 4.72 Å². The first-order valence-electron chi connectivity index (χ1n) is 9.92. The van der Waals surface area contributed by atoms with Crippen LogP contribution >= 0.6 is 0 Å². The van der Waals surface area contributed by atoms with Crippen molar-refractivity contribution in [2.45, 2.75) is 25.7 Å². The van der Waals surface area contributed by atoms with E-state index in [9.17, 15) is 8.42 Å². The Labute approximate surface area is 187 Å². The van der Waals surface area contributed by atoms with Crippen LogP contribution < -0.4 is 9.46 Å². The van der Waals surface area contributed by atoms with Gasteiger partial charge in [0, 0.05) is 17.3 Å². The van der Waals surface area contributed by atoms with Crippen LogP contribution in [-0.4, -0.2) is 35.5 Å². The molecule has 9 heteroatoms. The molecule has 32 heavy (non-hydrogen) atoms. The molecule has 8 nitrogen and oxygen atoms in total. The molecule has 2 aromatic heterocycles. The lowest BCUT2D eigenvalue weighted by atomic mass is 10.1. The molecule has 2 heterocycles. The number of aromatic nitrogens is 4. The number of anilines is 1. The quantitative estimate of drug-likeness (QED) is 0.477. The first-order chi connectivity index (χ1) is 15.3. The van der Waals surface area contributed by atoms with Gasteiger partial charge in [-0.15, -0.1) is 10.2 Å². The first-order valence-corrected chi connectivity index (χ1v) is 11.4. The molecule has 0 saturated heterocycles. The monoisotopic (exact) mass is 449 g/mol. The maximum absolute atomic E-state index is 13.1. The van der Waals surface area contributed by atoms with Crippen molar-refractivity contribution in [1.29, 1.82) is 0 Å². The van der Waals surface area contributed by atoms with Gasteiger partial charge in [-0.2, -0.15) is 5.10 Å². The Balaban J connectivity index is 1.65. The van der Waals surface area contributed by atoms with Crippen molar-refractivity contribution < 1.29 is 13.2 Å². The van der Waals surface area contributed by atoms with E-state index in [1.807, 2.05) is 32.0 Å². The zero-order chi connectivity index (χ0) is 22.9. The van der Waals surface area contributed by atoms with Gasteiger partial charge in [-0.25, -0.2) is 13.1 Å². The molecular formula is C23H23N5O3S. The van der Waals surface area contributed by atoms with Crippen LogP contribution in [0, 0.1) is 20.8 Å². The molecule has 0 unspecified atom stereocenters. The molecule has 0 bridgehead atoms. The smallest absolute Gasteiger partial charge is 0.262 e. The lowest BCUT2D eigenvalue weighted by Crippen LogP contribution is -2.14. The Kier molecular flexibility index (Phi) is 5.67. The molecule has 0 radical (unpaired) electrons. The summed E-state index contributed by atoms with van der Waals surface area (Å²) in [5.41, 5.74) is 4.10. The summed E-state index contributed by atoms with van der Waals surface area (Å²) in [6.45, 7) is 5.61. The van der Waals surface area contributed by atoms with E-state index < -0.39 is 10.0 Å². The zero-order valence-corrected chi connectivity index (χ0v) is 19.0. The molecule has 0 fully saturated rings. The predicted octanol–water partition coefficient (Wildman–Crippen LogP) is 4.06. The van der Waals surface area contributed by atoms with Crippen LogP contribution in [0.3, 0.4) is 0 Å². The summed E-state index contributed by atoms with van der Waals surface area (Å²) >= 11 is 0. The van der Waals surface area contributed by atoms with E-state index in [-0.39, 0.29) is 4.90 Å². The van der Waals surface area contributed by atoms with Crippen molar-refractivity contribution in [3.05, 3.63) is 77.6 Å². The van der Waals surface area contributed by atoms with Gasteiger partial charge in [0.1, 0.15) is 5.75 Å². The number of hydrogen-bond donors (Lipinski definition) is 1. The van der Waals surface area contributed by atoms with Gasteiger partial charge >= 0.3 is 0 Å². The van der Waals surface area contributed by atoms with E-state index in [1.54, 1.807) is 54.1 Å². The highest BCUT2D eigenvalue weighted by molar-refractivity contribution is 7.92. The average molecular weight is 450 g/mol. The number of aryl methyl sites for hydroxylation is 3. The number of sulfonamides is 1. The number of nitrogens with zero attached hydrogens (tertiary/aromatic N) is 4. The summed E-state index contributed by atoms with van der Waals surface area (Å²) in [5.74, 6) is 1.16. The molecule has 0 aliphatic carbocycles. The summed E-state index contributed by atoms with van der Waals surface area (Å²) in [6.07, 6.45) is 0. The summed E-state index contributed by atoms with van der Waals surface area (Å²) in [6, 6.07) is 17.5. The molecule has 0 aliphatic rings. The van der Waals surface area contributed by atoms with Crippen LogP contribution in [0.25, 0.3) is 17.1 Å². The van der Waals surface area contributed by atoms with Gasteiger partial charge in [0.05, 0.1) is 29.1 Å². The lowest BCUT2D eigenvalue weighted by molar-refractivity contribution is 0.415. The Morgan fingerprint density at radius 1 is 0.938 bits per heavy atom. The van der Waals surface area contributed by atoms with Gasteiger partial charge in [-0.05, 0) is 62.7 Å². The van der Waals surface area contributed by atoms with E-state index in [0.717, 1.165) is 11.4 Å². The highest BCUT2D eigenvalue weighted by Crippen LogP contribution is 2.27. The summed E-state index contributed by atoms with van der Waals surface area (Å²) in [5, 5.41) is 13.0. The van der Waals surface area contributed by atoms with Gasteiger partial charge < -0.3 is 4.74 Å². The molecule has 0 saturated carbocycles. The average Bonchev–Trinajstić information content (AvgIpc) is 3.11.